The van der Waals surface area contributed by atoms with Crippen LogP contribution in [-0.4, -0.2) is 49.4 Å². The second-order valence-electron chi connectivity index (χ2n) is 5.64. The van der Waals surface area contributed by atoms with Gasteiger partial charge in [-0.1, -0.05) is 30.3 Å². The molecule has 0 amide bonds. The van der Waals surface area contributed by atoms with E-state index >= 15 is 0 Å². The minimum absolute atomic E-state index is 0.0775. The summed E-state index contributed by atoms with van der Waals surface area (Å²) in [5, 5.41) is 29.0. The lowest BCUT2D eigenvalue weighted by Gasteiger charge is -2.18. The van der Waals surface area contributed by atoms with E-state index in [2.05, 4.69) is 0 Å². The maximum Gasteiger partial charge on any atom is 0.333 e. The summed E-state index contributed by atoms with van der Waals surface area (Å²) in [6, 6.07) is 10.2. The number of aromatic nitrogens is 2. The van der Waals surface area contributed by atoms with Crippen molar-refractivity contribution in [2.24, 2.45) is 0 Å². The average molecular weight is 334 g/mol. The Morgan fingerprint density at radius 3 is 2.38 bits per heavy atom. The van der Waals surface area contributed by atoms with Gasteiger partial charge in [-0.15, -0.1) is 0 Å². The van der Waals surface area contributed by atoms with Gasteiger partial charge < -0.3 is 20.1 Å². The molecule has 0 radical (unpaired) electrons. The molecule has 8 nitrogen and oxygen atoms in total. The number of rotatable bonds is 4. The molecule has 24 heavy (non-hydrogen) atoms. The first-order valence-corrected chi connectivity index (χ1v) is 7.51. The van der Waals surface area contributed by atoms with Crippen LogP contribution in [-0.2, 0) is 11.3 Å². The van der Waals surface area contributed by atoms with Crippen molar-refractivity contribution in [2.75, 3.05) is 6.61 Å². The molecule has 1 aliphatic rings. The smallest absolute Gasteiger partial charge is 0.333 e. The molecule has 0 saturated carbocycles. The maximum atomic E-state index is 12.6. The normalized spacial score (nSPS) is 26.6. The highest BCUT2D eigenvalue weighted by Gasteiger charge is 2.43. The largest absolute Gasteiger partial charge is 0.394 e. The van der Waals surface area contributed by atoms with Crippen molar-refractivity contribution in [1.82, 2.24) is 9.13 Å². The van der Waals surface area contributed by atoms with Gasteiger partial charge in [0, 0.05) is 12.3 Å². The van der Waals surface area contributed by atoms with Crippen LogP contribution in [0.5, 0.6) is 0 Å². The number of hydrogen-bond acceptors (Lipinski definition) is 6. The number of benzene rings is 1. The standard InChI is InChI=1S/C16H18N2O6/c19-9-11-13(21)14(22)15(24-11)17-7-6-12(20)18(16(17)23)8-10-4-2-1-3-5-10/h1-7,11,13-15,19,21-22H,8-9H2/t11-,13+,14+,15-/m1/s1. The van der Waals surface area contributed by atoms with Crippen LogP contribution < -0.4 is 11.2 Å². The lowest BCUT2D eigenvalue weighted by atomic mass is 10.1. The van der Waals surface area contributed by atoms with Crippen molar-refractivity contribution in [3.8, 4) is 0 Å². The first kappa shape index (κ1) is 16.6. The fourth-order valence-electron chi connectivity index (χ4n) is 2.75. The summed E-state index contributed by atoms with van der Waals surface area (Å²) in [5.74, 6) is 0. The SMILES string of the molecule is O=c1ccn([C@@H]2O[C@H](CO)[C@H](O)[C@@H]2O)c(=O)n1Cc1ccccc1. The molecule has 8 heteroatoms. The Morgan fingerprint density at radius 1 is 1.04 bits per heavy atom. The van der Waals surface area contributed by atoms with Crippen molar-refractivity contribution < 1.29 is 20.1 Å². The summed E-state index contributed by atoms with van der Waals surface area (Å²) >= 11 is 0. The summed E-state index contributed by atoms with van der Waals surface area (Å²) in [6.07, 6.45) is -3.66. The van der Waals surface area contributed by atoms with Crippen LogP contribution in [0, 0.1) is 0 Å². The van der Waals surface area contributed by atoms with E-state index in [1.807, 2.05) is 6.07 Å². The van der Waals surface area contributed by atoms with Gasteiger partial charge in [-0.3, -0.25) is 13.9 Å². The second-order valence-corrected chi connectivity index (χ2v) is 5.64. The van der Waals surface area contributed by atoms with Crippen LogP contribution in [0.1, 0.15) is 11.8 Å². The minimum Gasteiger partial charge on any atom is -0.394 e. The Bertz CT molecular complexity index is 815. The third kappa shape index (κ3) is 2.92. The molecule has 1 saturated heterocycles. The number of nitrogens with zero attached hydrogens (tertiary/aromatic N) is 2. The lowest BCUT2D eigenvalue weighted by Crippen LogP contribution is -2.43. The topological polar surface area (TPSA) is 114 Å². The summed E-state index contributed by atoms with van der Waals surface area (Å²) in [6.45, 7) is -0.415. The van der Waals surface area contributed by atoms with Gasteiger partial charge in [-0.2, -0.15) is 0 Å². The fourth-order valence-corrected chi connectivity index (χ4v) is 2.75. The molecule has 0 unspecified atom stereocenters. The maximum absolute atomic E-state index is 12.6. The molecule has 0 aliphatic carbocycles. The van der Waals surface area contributed by atoms with Crippen LogP contribution in [0.25, 0.3) is 0 Å². The predicted molar refractivity (Wildman–Crippen MR) is 83.5 cm³/mol. The Kier molecular flexibility index (Phi) is 4.63. The van der Waals surface area contributed by atoms with Crippen molar-refractivity contribution in [1.29, 1.82) is 0 Å². The average Bonchev–Trinajstić information content (AvgIpc) is 2.88. The van der Waals surface area contributed by atoms with Gasteiger partial charge in [0.1, 0.15) is 18.3 Å². The highest BCUT2D eigenvalue weighted by Crippen LogP contribution is 2.27. The first-order chi connectivity index (χ1) is 11.5. The molecular formula is C16H18N2O6. The van der Waals surface area contributed by atoms with E-state index in [-0.39, 0.29) is 6.54 Å². The highest BCUT2D eigenvalue weighted by molar-refractivity contribution is 5.15. The van der Waals surface area contributed by atoms with E-state index in [1.54, 1.807) is 24.3 Å². The molecule has 128 valence electrons. The van der Waals surface area contributed by atoms with E-state index in [0.29, 0.717) is 0 Å². The molecule has 3 N–H and O–H groups in total. The minimum atomic E-state index is -1.39. The van der Waals surface area contributed by atoms with Crippen LogP contribution in [0.2, 0.25) is 0 Å². The monoisotopic (exact) mass is 334 g/mol. The molecule has 2 heterocycles. The third-order valence-electron chi connectivity index (χ3n) is 4.07. The van der Waals surface area contributed by atoms with Crippen LogP contribution in [0.4, 0.5) is 0 Å². The lowest BCUT2D eigenvalue weighted by molar-refractivity contribution is -0.0555. The van der Waals surface area contributed by atoms with Crippen molar-refractivity contribution >= 4 is 0 Å². The van der Waals surface area contributed by atoms with Crippen molar-refractivity contribution in [2.45, 2.75) is 31.1 Å². The van der Waals surface area contributed by atoms with E-state index in [0.717, 1.165) is 14.7 Å². The fraction of sp³-hybridized carbons (Fsp3) is 0.375. The quantitative estimate of drug-likeness (QED) is 0.638. The highest BCUT2D eigenvalue weighted by atomic mass is 16.6. The van der Waals surface area contributed by atoms with Crippen LogP contribution in [0.15, 0.2) is 52.2 Å². The molecule has 1 aliphatic heterocycles. The van der Waals surface area contributed by atoms with E-state index in [9.17, 15) is 19.8 Å². The Labute approximate surface area is 136 Å². The van der Waals surface area contributed by atoms with Gasteiger partial charge in [-0.05, 0) is 5.56 Å². The molecule has 2 aromatic rings. The zero-order valence-electron chi connectivity index (χ0n) is 12.7. The molecule has 0 spiro atoms. The molecule has 4 atom stereocenters. The Morgan fingerprint density at radius 2 is 1.75 bits per heavy atom. The van der Waals surface area contributed by atoms with Gasteiger partial charge in [0.05, 0.1) is 13.2 Å². The molecule has 1 aromatic heterocycles. The summed E-state index contributed by atoms with van der Waals surface area (Å²) in [5.41, 5.74) is -0.372. The zero-order chi connectivity index (χ0) is 17.3. The van der Waals surface area contributed by atoms with E-state index in [4.69, 9.17) is 9.84 Å². The third-order valence-corrected chi connectivity index (χ3v) is 4.07. The van der Waals surface area contributed by atoms with Crippen LogP contribution in [0.3, 0.4) is 0 Å². The second kappa shape index (κ2) is 6.70. The number of ether oxygens (including phenoxy) is 1. The number of hydrogen-bond donors (Lipinski definition) is 3. The van der Waals surface area contributed by atoms with Gasteiger partial charge in [0.2, 0.25) is 0 Å². The van der Waals surface area contributed by atoms with Gasteiger partial charge >= 0.3 is 5.69 Å². The van der Waals surface area contributed by atoms with E-state index < -0.39 is 42.4 Å². The Balaban J connectivity index is 1.98. The van der Waals surface area contributed by atoms with Gasteiger partial charge in [0.25, 0.3) is 5.56 Å². The molecule has 1 fully saturated rings. The molecule has 1 aromatic carbocycles. The number of aliphatic hydroxyl groups excluding tert-OH is 3. The van der Waals surface area contributed by atoms with Crippen molar-refractivity contribution in [3.63, 3.8) is 0 Å². The summed E-state index contributed by atoms with van der Waals surface area (Å²) in [4.78, 5) is 24.7. The van der Waals surface area contributed by atoms with Crippen LogP contribution >= 0.6 is 0 Å². The van der Waals surface area contributed by atoms with Gasteiger partial charge in [0.15, 0.2) is 6.23 Å². The molecular weight excluding hydrogens is 316 g/mol. The van der Waals surface area contributed by atoms with Crippen molar-refractivity contribution in [3.05, 3.63) is 69.0 Å². The Hall–Kier alpha value is -2.26. The number of aliphatic hydroxyl groups is 3. The first-order valence-electron chi connectivity index (χ1n) is 7.51. The summed E-state index contributed by atoms with van der Waals surface area (Å²) in [7, 11) is 0. The molecule has 0 bridgehead atoms. The summed E-state index contributed by atoms with van der Waals surface area (Å²) < 4.78 is 7.41. The predicted octanol–water partition coefficient (Wildman–Crippen LogP) is -1.33. The van der Waals surface area contributed by atoms with E-state index in [1.165, 1.54) is 12.3 Å². The molecule has 3 rings (SSSR count). The van der Waals surface area contributed by atoms with Gasteiger partial charge in [-0.25, -0.2) is 4.79 Å². The zero-order valence-corrected chi connectivity index (χ0v) is 12.7.